The highest BCUT2D eigenvalue weighted by Gasteiger charge is 2.00. The first kappa shape index (κ1) is 11.8. The number of rotatable bonds is 5. The molecular formula is C15H14OS. The molecular weight excluding hydrogens is 228 g/mol. The summed E-state index contributed by atoms with van der Waals surface area (Å²) in [6.07, 6.45) is 4.98. The molecule has 0 radical (unpaired) electrons. The average Bonchev–Trinajstić information content (AvgIpc) is 2.83. The lowest BCUT2D eigenvalue weighted by Crippen LogP contribution is -2.00. The largest absolute Gasteiger partial charge is 0.299 e. The van der Waals surface area contributed by atoms with Crippen LogP contribution in [0.2, 0.25) is 0 Å². The third kappa shape index (κ3) is 4.00. The van der Waals surface area contributed by atoms with Gasteiger partial charge in [0.1, 0.15) is 5.78 Å². The number of allylic oxidation sites excluding steroid dienone is 1. The molecule has 1 aromatic heterocycles. The minimum absolute atomic E-state index is 0.254. The van der Waals surface area contributed by atoms with Crippen LogP contribution in [0.4, 0.5) is 0 Å². The van der Waals surface area contributed by atoms with Gasteiger partial charge in [0.05, 0.1) is 0 Å². The van der Waals surface area contributed by atoms with Crippen molar-refractivity contribution in [1.29, 1.82) is 0 Å². The molecule has 0 N–H and O–H groups in total. The van der Waals surface area contributed by atoms with Crippen molar-refractivity contribution in [3.8, 4) is 0 Å². The van der Waals surface area contributed by atoms with Crippen molar-refractivity contribution in [3.63, 3.8) is 0 Å². The molecule has 0 bridgehead atoms. The van der Waals surface area contributed by atoms with Crippen LogP contribution in [0.3, 0.4) is 0 Å². The number of carbonyl (C=O) groups excluding carboxylic acids is 1. The van der Waals surface area contributed by atoms with Crippen LogP contribution < -0.4 is 0 Å². The normalized spacial score (nSPS) is 10.8. The summed E-state index contributed by atoms with van der Waals surface area (Å²) in [4.78, 5) is 12.9. The van der Waals surface area contributed by atoms with Crippen LogP contribution in [0, 0.1) is 0 Å². The molecule has 0 aliphatic heterocycles. The summed E-state index contributed by atoms with van der Waals surface area (Å²) in [5.41, 5.74) is 1.09. The number of carbonyl (C=O) groups is 1. The summed E-state index contributed by atoms with van der Waals surface area (Å²) in [6, 6.07) is 13.9. The van der Waals surface area contributed by atoms with Crippen LogP contribution in [0.5, 0.6) is 0 Å². The molecule has 0 aliphatic rings. The zero-order chi connectivity index (χ0) is 11.9. The van der Waals surface area contributed by atoms with Crippen LogP contribution in [0.15, 0.2) is 53.9 Å². The first-order valence-corrected chi connectivity index (χ1v) is 6.48. The molecule has 2 rings (SSSR count). The first-order chi connectivity index (χ1) is 8.34. The second-order valence-electron chi connectivity index (χ2n) is 3.82. The van der Waals surface area contributed by atoms with Gasteiger partial charge in [-0.1, -0.05) is 42.5 Å². The number of ketones is 1. The Morgan fingerprint density at radius 2 is 1.94 bits per heavy atom. The van der Waals surface area contributed by atoms with Gasteiger partial charge >= 0.3 is 0 Å². The van der Waals surface area contributed by atoms with E-state index in [1.807, 2.05) is 60.0 Å². The van der Waals surface area contributed by atoms with E-state index >= 15 is 0 Å². The fourth-order valence-electron chi connectivity index (χ4n) is 1.59. The highest BCUT2D eigenvalue weighted by Crippen LogP contribution is 2.11. The fourth-order valence-corrected chi connectivity index (χ4v) is 2.23. The van der Waals surface area contributed by atoms with Gasteiger partial charge in [0, 0.05) is 17.7 Å². The van der Waals surface area contributed by atoms with Gasteiger partial charge in [-0.15, -0.1) is 11.3 Å². The molecule has 0 fully saturated rings. The number of thiophene rings is 1. The molecule has 0 spiro atoms. The Morgan fingerprint density at radius 3 is 2.65 bits per heavy atom. The Balaban J connectivity index is 1.82. The van der Waals surface area contributed by atoms with Crippen LogP contribution in [0.1, 0.15) is 16.9 Å². The van der Waals surface area contributed by atoms with Gasteiger partial charge in [0.25, 0.3) is 0 Å². The quantitative estimate of drug-likeness (QED) is 0.775. The van der Waals surface area contributed by atoms with Gasteiger partial charge in [0.15, 0.2) is 0 Å². The zero-order valence-corrected chi connectivity index (χ0v) is 10.3. The smallest absolute Gasteiger partial charge is 0.141 e. The lowest BCUT2D eigenvalue weighted by atomic mass is 10.1. The van der Waals surface area contributed by atoms with Gasteiger partial charge in [0.2, 0.25) is 0 Å². The summed E-state index contributed by atoms with van der Waals surface area (Å²) >= 11 is 1.68. The minimum Gasteiger partial charge on any atom is -0.299 e. The summed E-state index contributed by atoms with van der Waals surface area (Å²) in [7, 11) is 0. The van der Waals surface area contributed by atoms with E-state index in [0.29, 0.717) is 12.8 Å². The van der Waals surface area contributed by atoms with E-state index in [1.165, 1.54) is 4.88 Å². The van der Waals surface area contributed by atoms with Crippen molar-refractivity contribution >= 4 is 23.2 Å². The first-order valence-electron chi connectivity index (χ1n) is 5.60. The van der Waals surface area contributed by atoms with Crippen LogP contribution in [-0.2, 0) is 11.2 Å². The maximum Gasteiger partial charge on any atom is 0.141 e. The summed E-state index contributed by atoms with van der Waals surface area (Å²) in [5, 5.41) is 2.03. The summed E-state index contributed by atoms with van der Waals surface area (Å²) in [6.45, 7) is 0. The molecule has 1 nitrogen and oxygen atoms in total. The maximum atomic E-state index is 11.7. The van der Waals surface area contributed by atoms with E-state index in [0.717, 1.165) is 5.56 Å². The van der Waals surface area contributed by atoms with E-state index in [1.54, 1.807) is 11.3 Å². The molecule has 86 valence electrons. The van der Waals surface area contributed by atoms with Crippen molar-refractivity contribution < 1.29 is 4.79 Å². The molecule has 0 saturated carbocycles. The Labute approximate surface area is 105 Å². The SMILES string of the molecule is O=C(C/C=C/c1cccs1)Cc1ccccc1. The third-order valence-corrected chi connectivity index (χ3v) is 3.25. The van der Waals surface area contributed by atoms with Crippen LogP contribution >= 0.6 is 11.3 Å². The van der Waals surface area contributed by atoms with Crippen molar-refractivity contribution in [1.82, 2.24) is 0 Å². The maximum absolute atomic E-state index is 11.7. The predicted octanol–water partition coefficient (Wildman–Crippen LogP) is 3.96. The molecule has 17 heavy (non-hydrogen) atoms. The highest BCUT2D eigenvalue weighted by molar-refractivity contribution is 7.10. The Kier molecular flexibility index (Phi) is 4.28. The van der Waals surface area contributed by atoms with Gasteiger partial charge < -0.3 is 0 Å². The Bertz CT molecular complexity index is 483. The minimum atomic E-state index is 0.254. The van der Waals surface area contributed by atoms with E-state index in [2.05, 4.69) is 0 Å². The summed E-state index contributed by atoms with van der Waals surface area (Å²) in [5.74, 6) is 0.254. The second-order valence-corrected chi connectivity index (χ2v) is 4.80. The molecule has 0 saturated heterocycles. The topological polar surface area (TPSA) is 17.1 Å². The predicted molar refractivity (Wildman–Crippen MR) is 73.1 cm³/mol. The number of Topliss-reactive ketones (excluding diaryl/α,β-unsaturated/α-hetero) is 1. The van der Waals surface area contributed by atoms with Crippen LogP contribution in [-0.4, -0.2) is 5.78 Å². The molecule has 1 heterocycles. The van der Waals surface area contributed by atoms with Gasteiger partial charge in [-0.2, -0.15) is 0 Å². The van der Waals surface area contributed by atoms with Crippen molar-refractivity contribution in [2.24, 2.45) is 0 Å². The molecule has 0 unspecified atom stereocenters. The number of benzene rings is 1. The molecule has 2 aromatic rings. The lowest BCUT2D eigenvalue weighted by Gasteiger charge is -1.97. The molecule has 0 aliphatic carbocycles. The fraction of sp³-hybridized carbons (Fsp3) is 0.133. The van der Waals surface area contributed by atoms with Crippen molar-refractivity contribution in [3.05, 3.63) is 64.4 Å². The second kappa shape index (κ2) is 6.16. The number of hydrogen-bond donors (Lipinski definition) is 0. The van der Waals surface area contributed by atoms with Crippen LogP contribution in [0.25, 0.3) is 6.08 Å². The third-order valence-electron chi connectivity index (χ3n) is 2.41. The Morgan fingerprint density at radius 1 is 1.12 bits per heavy atom. The van der Waals surface area contributed by atoms with Crippen molar-refractivity contribution in [2.45, 2.75) is 12.8 Å². The van der Waals surface area contributed by atoms with E-state index in [9.17, 15) is 4.79 Å². The van der Waals surface area contributed by atoms with Crippen molar-refractivity contribution in [2.75, 3.05) is 0 Å². The molecule has 1 aromatic carbocycles. The average molecular weight is 242 g/mol. The molecule has 0 atom stereocenters. The monoisotopic (exact) mass is 242 g/mol. The lowest BCUT2D eigenvalue weighted by molar-refractivity contribution is -0.117. The van der Waals surface area contributed by atoms with E-state index in [-0.39, 0.29) is 5.78 Å². The highest BCUT2D eigenvalue weighted by atomic mass is 32.1. The van der Waals surface area contributed by atoms with E-state index < -0.39 is 0 Å². The van der Waals surface area contributed by atoms with Gasteiger partial charge in [-0.3, -0.25) is 4.79 Å². The van der Waals surface area contributed by atoms with Gasteiger partial charge in [-0.05, 0) is 23.1 Å². The molecule has 0 amide bonds. The molecule has 2 heteroatoms. The Hall–Kier alpha value is -1.67. The zero-order valence-electron chi connectivity index (χ0n) is 9.50. The van der Waals surface area contributed by atoms with E-state index in [4.69, 9.17) is 0 Å². The number of hydrogen-bond acceptors (Lipinski definition) is 2. The standard InChI is InChI=1S/C15H14OS/c16-14(12-13-6-2-1-3-7-13)8-4-9-15-10-5-11-17-15/h1-7,9-11H,8,12H2/b9-4+. The van der Waals surface area contributed by atoms with Gasteiger partial charge in [-0.25, -0.2) is 0 Å². The summed E-state index contributed by atoms with van der Waals surface area (Å²) < 4.78 is 0.